The summed E-state index contributed by atoms with van der Waals surface area (Å²) in [6, 6.07) is 0. The molecule has 0 saturated carbocycles. The van der Waals surface area contributed by atoms with Crippen LogP contribution in [0.15, 0.2) is 5.22 Å². The number of nitrogens with one attached hydrogen (secondary N) is 1. The van der Waals surface area contributed by atoms with Crippen molar-refractivity contribution in [2.24, 2.45) is 5.22 Å². The molecule has 0 atom stereocenters. The molecule has 1 N–H and O–H groups in total. The van der Waals surface area contributed by atoms with E-state index in [1.165, 1.54) is 0 Å². The van der Waals surface area contributed by atoms with Crippen molar-refractivity contribution < 1.29 is 0 Å². The summed E-state index contributed by atoms with van der Waals surface area (Å²) in [4.78, 5) is 0. The fraction of sp³-hybridized carbons (Fsp3) is 1.00. The first-order chi connectivity index (χ1) is 2.81. The number of hydrogen-bond donors (Lipinski definition) is 1. The first kappa shape index (κ1) is 5.40. The maximum atomic E-state index is 6.36. The van der Waals surface area contributed by atoms with Gasteiger partial charge in [-0.15, -0.1) is 0 Å². The van der Waals surface area contributed by atoms with Crippen LogP contribution in [0, 0.1) is 5.53 Å². The zero-order valence-corrected chi connectivity index (χ0v) is 4.10. The fourth-order valence-corrected chi connectivity index (χ4v) is 0.0707. The van der Waals surface area contributed by atoms with Crippen molar-refractivity contribution in [3.63, 3.8) is 0 Å². The summed E-state index contributed by atoms with van der Waals surface area (Å²) in [7, 11) is 1.76. The third-order valence-corrected chi connectivity index (χ3v) is 0.628. The molecule has 6 heavy (non-hydrogen) atoms. The zero-order chi connectivity index (χ0) is 4.99. The van der Waals surface area contributed by atoms with Gasteiger partial charge >= 0.3 is 0 Å². The highest BCUT2D eigenvalue weighted by molar-refractivity contribution is 4.24. The zero-order valence-electron chi connectivity index (χ0n) is 4.10. The van der Waals surface area contributed by atoms with Crippen molar-refractivity contribution >= 4 is 0 Å². The van der Waals surface area contributed by atoms with E-state index < -0.39 is 0 Å². The van der Waals surface area contributed by atoms with Gasteiger partial charge in [-0.05, 0) is 6.92 Å². The molecule has 0 aromatic rings. The Morgan fingerprint density at radius 2 is 2.33 bits per heavy atom. The third-order valence-electron chi connectivity index (χ3n) is 0.628. The summed E-state index contributed by atoms with van der Waals surface area (Å²) in [5.41, 5.74) is 6.36. The Morgan fingerprint density at radius 1 is 1.83 bits per heavy atom. The van der Waals surface area contributed by atoms with Gasteiger partial charge in [0.2, 0.25) is 0 Å². The molecule has 0 radical (unpaired) electrons. The molecule has 0 amide bonds. The molecule has 0 bridgehead atoms. The van der Waals surface area contributed by atoms with Gasteiger partial charge in [-0.3, -0.25) is 5.01 Å². The van der Waals surface area contributed by atoms with Gasteiger partial charge < -0.3 is 0 Å². The van der Waals surface area contributed by atoms with Crippen LogP contribution in [-0.2, 0) is 0 Å². The first-order valence-corrected chi connectivity index (χ1v) is 1.89. The first-order valence-electron chi connectivity index (χ1n) is 1.89. The lowest BCUT2D eigenvalue weighted by atomic mass is 10.8. The number of nitrogens with zero attached hydrogens (tertiary/aromatic N) is 2. The second-order valence-corrected chi connectivity index (χ2v) is 1.07. The van der Waals surface area contributed by atoms with E-state index in [0.29, 0.717) is 0 Å². The second kappa shape index (κ2) is 2.63. The van der Waals surface area contributed by atoms with E-state index in [-0.39, 0.29) is 0 Å². The molecular weight excluding hydrogens is 78.1 g/mol. The van der Waals surface area contributed by atoms with Crippen molar-refractivity contribution in [2.75, 3.05) is 13.6 Å². The monoisotopic (exact) mass is 87.1 g/mol. The summed E-state index contributed by atoms with van der Waals surface area (Å²) in [5, 5.41) is 4.63. The van der Waals surface area contributed by atoms with Gasteiger partial charge in [0, 0.05) is 13.6 Å². The number of hydrogen-bond acceptors (Lipinski definition) is 2. The van der Waals surface area contributed by atoms with Crippen molar-refractivity contribution in [3.05, 3.63) is 0 Å². The Balaban J connectivity index is 2.96. The minimum Gasteiger partial charge on any atom is -0.282 e. The molecule has 3 nitrogen and oxygen atoms in total. The summed E-state index contributed by atoms with van der Waals surface area (Å²) >= 11 is 0. The molecule has 0 rings (SSSR count). The summed E-state index contributed by atoms with van der Waals surface area (Å²) in [6.45, 7) is 2.75. The van der Waals surface area contributed by atoms with Gasteiger partial charge in [0.05, 0.1) is 0 Å². The maximum absolute atomic E-state index is 6.36. The molecule has 0 spiro atoms. The van der Waals surface area contributed by atoms with Crippen molar-refractivity contribution in [1.82, 2.24) is 5.01 Å². The largest absolute Gasteiger partial charge is 0.282 e. The van der Waals surface area contributed by atoms with Crippen LogP contribution < -0.4 is 0 Å². The van der Waals surface area contributed by atoms with Crippen LogP contribution in [0.25, 0.3) is 0 Å². The van der Waals surface area contributed by atoms with E-state index >= 15 is 0 Å². The normalized spacial score (nSPS) is 7.67. The van der Waals surface area contributed by atoms with Gasteiger partial charge in [-0.2, -0.15) is 5.53 Å². The minimum atomic E-state index is 0.809. The van der Waals surface area contributed by atoms with E-state index in [4.69, 9.17) is 5.53 Å². The molecular formula is C3H9N3. The molecule has 0 aromatic heterocycles. The van der Waals surface area contributed by atoms with E-state index in [1.54, 1.807) is 12.1 Å². The predicted octanol–water partition coefficient (Wildman–Crippen LogP) is 0.884. The number of rotatable bonds is 2. The molecule has 0 saturated heterocycles. The molecule has 0 heterocycles. The Hall–Kier alpha value is -0.600. The highest BCUT2D eigenvalue weighted by Gasteiger charge is 1.77. The lowest BCUT2D eigenvalue weighted by molar-refractivity contribution is 0.339. The van der Waals surface area contributed by atoms with Crippen LogP contribution in [0.3, 0.4) is 0 Å². The molecule has 0 unspecified atom stereocenters. The SMILES string of the molecule is CCN(C)N=N. The lowest BCUT2D eigenvalue weighted by Crippen LogP contribution is -2.06. The molecule has 0 aromatic carbocycles. The second-order valence-electron chi connectivity index (χ2n) is 1.07. The average molecular weight is 87.1 g/mol. The Kier molecular flexibility index (Phi) is 2.36. The highest BCUT2D eigenvalue weighted by atomic mass is 15.5. The van der Waals surface area contributed by atoms with Crippen LogP contribution in [0.5, 0.6) is 0 Å². The van der Waals surface area contributed by atoms with Gasteiger partial charge in [0.1, 0.15) is 0 Å². The maximum Gasteiger partial charge on any atom is 0.0345 e. The molecule has 0 fully saturated rings. The molecule has 0 aliphatic rings. The van der Waals surface area contributed by atoms with Gasteiger partial charge in [-0.25, -0.2) is 0 Å². The summed E-state index contributed by atoms with van der Waals surface area (Å²) < 4.78 is 0. The Bertz CT molecular complexity index is 43.3. The van der Waals surface area contributed by atoms with Crippen LogP contribution in [-0.4, -0.2) is 18.6 Å². The molecule has 0 aliphatic heterocycles. The summed E-state index contributed by atoms with van der Waals surface area (Å²) in [6.07, 6.45) is 0. The highest BCUT2D eigenvalue weighted by Crippen LogP contribution is 1.75. The van der Waals surface area contributed by atoms with Crippen LogP contribution in [0.1, 0.15) is 6.92 Å². The third kappa shape index (κ3) is 1.69. The van der Waals surface area contributed by atoms with Gasteiger partial charge in [-0.1, -0.05) is 5.22 Å². The molecule has 3 heteroatoms. The lowest BCUT2D eigenvalue weighted by Gasteiger charge is -2.02. The predicted molar refractivity (Wildman–Crippen MR) is 23.5 cm³/mol. The van der Waals surface area contributed by atoms with Crippen LogP contribution in [0.2, 0.25) is 0 Å². The van der Waals surface area contributed by atoms with Crippen molar-refractivity contribution in [1.29, 1.82) is 5.53 Å². The minimum absolute atomic E-state index is 0.809. The van der Waals surface area contributed by atoms with E-state index in [0.717, 1.165) is 6.54 Å². The fourth-order valence-electron chi connectivity index (χ4n) is 0.0707. The Morgan fingerprint density at radius 3 is 2.33 bits per heavy atom. The quantitative estimate of drug-likeness (QED) is 0.394. The van der Waals surface area contributed by atoms with Gasteiger partial charge in [0.25, 0.3) is 0 Å². The van der Waals surface area contributed by atoms with Gasteiger partial charge in [0.15, 0.2) is 0 Å². The Labute approximate surface area is 37.4 Å². The average Bonchev–Trinajstić information content (AvgIpc) is 1.65. The van der Waals surface area contributed by atoms with Crippen molar-refractivity contribution in [3.8, 4) is 0 Å². The molecule has 0 aliphatic carbocycles. The van der Waals surface area contributed by atoms with E-state index in [9.17, 15) is 0 Å². The summed E-state index contributed by atoms with van der Waals surface area (Å²) in [5.74, 6) is 0. The van der Waals surface area contributed by atoms with Crippen LogP contribution in [0.4, 0.5) is 0 Å². The van der Waals surface area contributed by atoms with E-state index in [2.05, 4.69) is 5.22 Å². The smallest absolute Gasteiger partial charge is 0.0345 e. The topological polar surface area (TPSA) is 39.5 Å². The standard InChI is InChI=1S/C3H9N3/c1-3-6(2)5-4/h4H,3H2,1-2H3. The van der Waals surface area contributed by atoms with Crippen LogP contribution >= 0.6 is 0 Å². The van der Waals surface area contributed by atoms with Crippen molar-refractivity contribution in [2.45, 2.75) is 6.92 Å². The van der Waals surface area contributed by atoms with E-state index in [1.807, 2.05) is 6.92 Å². The molecule has 36 valence electrons.